The monoisotopic (exact) mass is 460 g/mol. The van der Waals surface area contributed by atoms with Gasteiger partial charge in [0, 0.05) is 22.9 Å². The highest BCUT2D eigenvalue weighted by Crippen LogP contribution is 2.43. The lowest BCUT2D eigenvalue weighted by Gasteiger charge is -2.16. The van der Waals surface area contributed by atoms with Gasteiger partial charge in [-0.05, 0) is 36.3 Å². The van der Waals surface area contributed by atoms with Crippen LogP contribution in [0.1, 0.15) is 18.5 Å². The Labute approximate surface area is 203 Å². The van der Waals surface area contributed by atoms with Gasteiger partial charge < -0.3 is 15.1 Å². The van der Waals surface area contributed by atoms with Crippen molar-refractivity contribution >= 4 is 28.5 Å². The van der Waals surface area contributed by atoms with E-state index in [9.17, 15) is 4.79 Å². The molecule has 1 amide bonds. The van der Waals surface area contributed by atoms with Gasteiger partial charge in [-0.1, -0.05) is 79.4 Å². The van der Waals surface area contributed by atoms with Gasteiger partial charge in [0.15, 0.2) is 0 Å². The van der Waals surface area contributed by atoms with Crippen LogP contribution in [0.5, 0.6) is 0 Å². The second kappa shape index (κ2) is 9.65. The number of anilines is 2. The van der Waals surface area contributed by atoms with Gasteiger partial charge in [-0.15, -0.1) is 0 Å². The molecule has 0 saturated carbocycles. The molecule has 1 unspecified atom stereocenters. The van der Waals surface area contributed by atoms with E-state index < -0.39 is 0 Å². The molecule has 6 nitrogen and oxygen atoms in total. The zero-order valence-electron chi connectivity index (χ0n) is 19.2. The predicted octanol–water partition coefficient (Wildman–Crippen LogP) is 6.85. The van der Waals surface area contributed by atoms with Crippen LogP contribution in [0.15, 0.2) is 108 Å². The van der Waals surface area contributed by atoms with E-state index in [1.165, 1.54) is 12.4 Å². The van der Waals surface area contributed by atoms with E-state index in [4.69, 9.17) is 4.42 Å². The zero-order valence-corrected chi connectivity index (χ0v) is 19.2. The highest BCUT2D eigenvalue weighted by molar-refractivity contribution is 6.06. The maximum Gasteiger partial charge on any atom is 0.247 e. The molecule has 0 radical (unpaired) electrons. The Kier molecular flexibility index (Phi) is 6.09. The summed E-state index contributed by atoms with van der Waals surface area (Å²) >= 11 is 0. The van der Waals surface area contributed by atoms with E-state index in [0.29, 0.717) is 23.0 Å². The summed E-state index contributed by atoms with van der Waals surface area (Å²) in [6.07, 6.45) is 2.76. The number of furan rings is 1. The Balaban J connectivity index is 1.65. The minimum atomic E-state index is -0.258. The molecule has 1 atom stereocenters. The summed E-state index contributed by atoms with van der Waals surface area (Å²) in [5, 5.41) is 7.13. The summed E-state index contributed by atoms with van der Waals surface area (Å²) in [7, 11) is 0. The number of nitrogens with zero attached hydrogens (tertiary/aromatic N) is 2. The van der Waals surface area contributed by atoms with Gasteiger partial charge >= 0.3 is 0 Å². The van der Waals surface area contributed by atoms with Crippen molar-refractivity contribution in [3.8, 4) is 22.5 Å². The highest BCUT2D eigenvalue weighted by atomic mass is 16.3. The van der Waals surface area contributed by atoms with Crippen molar-refractivity contribution in [2.75, 3.05) is 10.6 Å². The van der Waals surface area contributed by atoms with Crippen molar-refractivity contribution in [1.29, 1.82) is 0 Å². The van der Waals surface area contributed by atoms with Gasteiger partial charge in [-0.3, -0.25) is 4.79 Å². The van der Waals surface area contributed by atoms with Gasteiger partial charge in [0.05, 0.1) is 5.39 Å². The van der Waals surface area contributed by atoms with Gasteiger partial charge in [0.1, 0.15) is 17.9 Å². The number of aromatic nitrogens is 2. The van der Waals surface area contributed by atoms with Crippen molar-refractivity contribution < 1.29 is 9.21 Å². The smallest absolute Gasteiger partial charge is 0.247 e. The fourth-order valence-corrected chi connectivity index (χ4v) is 4.05. The largest absolute Gasteiger partial charge is 0.437 e. The Bertz CT molecular complexity index is 1480. The molecule has 6 heteroatoms. The third-order valence-electron chi connectivity index (χ3n) is 5.80. The van der Waals surface area contributed by atoms with Crippen LogP contribution in [-0.4, -0.2) is 15.9 Å². The Hall–Kier alpha value is -4.71. The minimum Gasteiger partial charge on any atom is -0.437 e. The number of fused-ring (bicyclic) bond motifs is 1. The van der Waals surface area contributed by atoms with Crippen LogP contribution in [0.4, 0.5) is 11.5 Å². The van der Waals surface area contributed by atoms with Crippen LogP contribution in [0, 0.1) is 0 Å². The average Bonchev–Trinajstić information content (AvgIpc) is 3.31. The van der Waals surface area contributed by atoms with Gasteiger partial charge in [-0.25, -0.2) is 9.97 Å². The van der Waals surface area contributed by atoms with E-state index in [1.54, 1.807) is 0 Å². The quantitative estimate of drug-likeness (QED) is 0.260. The molecule has 0 bridgehead atoms. The van der Waals surface area contributed by atoms with Crippen molar-refractivity contribution in [1.82, 2.24) is 9.97 Å². The molecule has 0 spiro atoms. The third kappa shape index (κ3) is 4.54. The van der Waals surface area contributed by atoms with E-state index >= 15 is 0 Å². The second-order valence-corrected chi connectivity index (χ2v) is 8.12. The second-order valence-electron chi connectivity index (χ2n) is 8.12. The first kappa shape index (κ1) is 22.1. The number of amides is 1. The van der Waals surface area contributed by atoms with Crippen molar-refractivity contribution in [2.45, 2.75) is 13.0 Å². The molecule has 172 valence electrons. The molecule has 0 fully saturated rings. The fourth-order valence-electron chi connectivity index (χ4n) is 4.05. The molecule has 3 aromatic carbocycles. The van der Waals surface area contributed by atoms with Crippen LogP contribution in [0.25, 0.3) is 33.6 Å². The van der Waals surface area contributed by atoms with Gasteiger partial charge in [0.25, 0.3) is 0 Å². The van der Waals surface area contributed by atoms with Crippen LogP contribution < -0.4 is 10.6 Å². The summed E-state index contributed by atoms with van der Waals surface area (Å²) < 4.78 is 6.31. The van der Waals surface area contributed by atoms with Gasteiger partial charge in [-0.2, -0.15) is 0 Å². The van der Waals surface area contributed by atoms with Crippen LogP contribution in [0.2, 0.25) is 0 Å². The molecule has 35 heavy (non-hydrogen) atoms. The number of rotatable bonds is 7. The Morgan fingerprint density at radius 1 is 0.914 bits per heavy atom. The number of carbonyl (C=O) groups is 1. The SMILES string of the molecule is C=CC(=O)Nc1ccc(-c2c(-c3ccccc3)oc3ncnc(NC(C)c4ccccc4)c23)cc1. The number of nitrogens with one attached hydrogen (secondary N) is 2. The number of carbonyl (C=O) groups excluding carboxylic acids is 1. The summed E-state index contributed by atoms with van der Waals surface area (Å²) in [6.45, 7) is 5.60. The lowest BCUT2D eigenvalue weighted by molar-refractivity contribution is -0.111. The van der Waals surface area contributed by atoms with E-state index in [2.05, 4.69) is 46.2 Å². The number of benzene rings is 3. The first-order chi connectivity index (χ1) is 17.1. The molecular formula is C29H24N4O2. The minimum absolute atomic E-state index is 0.0220. The molecule has 5 aromatic rings. The lowest BCUT2D eigenvalue weighted by Crippen LogP contribution is -2.08. The molecule has 2 heterocycles. The lowest BCUT2D eigenvalue weighted by atomic mass is 9.98. The molecule has 5 rings (SSSR count). The maximum absolute atomic E-state index is 11.7. The third-order valence-corrected chi connectivity index (χ3v) is 5.80. The Morgan fingerprint density at radius 3 is 2.29 bits per heavy atom. The topological polar surface area (TPSA) is 80.1 Å². The van der Waals surface area contributed by atoms with E-state index in [1.807, 2.05) is 72.8 Å². The predicted molar refractivity (Wildman–Crippen MR) is 140 cm³/mol. The normalized spacial score (nSPS) is 11.7. The van der Waals surface area contributed by atoms with Crippen molar-refractivity contribution in [3.63, 3.8) is 0 Å². The first-order valence-electron chi connectivity index (χ1n) is 11.3. The standard InChI is InChI=1S/C29H24N4O2/c1-3-24(34)33-23-16-14-21(15-17-23)25-26-28(32-19(2)20-10-6-4-7-11-20)30-18-31-29(26)35-27(25)22-12-8-5-9-13-22/h3-19H,1H2,2H3,(H,33,34)(H,30,31,32). The zero-order chi connectivity index (χ0) is 24.2. The number of hydrogen-bond acceptors (Lipinski definition) is 5. The van der Waals surface area contributed by atoms with E-state index in [0.717, 1.165) is 27.6 Å². The molecule has 0 aliphatic rings. The highest BCUT2D eigenvalue weighted by Gasteiger charge is 2.23. The summed E-state index contributed by atoms with van der Waals surface area (Å²) in [6, 6.07) is 27.8. The molecule has 2 aromatic heterocycles. The first-order valence-corrected chi connectivity index (χ1v) is 11.3. The van der Waals surface area contributed by atoms with E-state index in [-0.39, 0.29) is 11.9 Å². The molecule has 0 aliphatic carbocycles. The average molecular weight is 461 g/mol. The summed E-state index contributed by atoms with van der Waals surface area (Å²) in [5.74, 6) is 1.14. The van der Waals surface area contributed by atoms with Crippen molar-refractivity contribution in [2.24, 2.45) is 0 Å². The summed E-state index contributed by atoms with van der Waals surface area (Å²) in [4.78, 5) is 20.7. The number of hydrogen-bond donors (Lipinski definition) is 2. The molecule has 0 saturated heterocycles. The van der Waals surface area contributed by atoms with Crippen LogP contribution in [0.3, 0.4) is 0 Å². The fraction of sp³-hybridized carbons (Fsp3) is 0.0690. The van der Waals surface area contributed by atoms with Crippen LogP contribution in [-0.2, 0) is 4.79 Å². The van der Waals surface area contributed by atoms with Crippen molar-refractivity contribution in [3.05, 3.63) is 109 Å². The van der Waals surface area contributed by atoms with Crippen LogP contribution >= 0.6 is 0 Å². The summed E-state index contributed by atoms with van der Waals surface area (Å²) in [5.41, 5.74) is 5.07. The molecule has 2 N–H and O–H groups in total. The van der Waals surface area contributed by atoms with Gasteiger partial charge in [0.2, 0.25) is 11.6 Å². The maximum atomic E-state index is 11.7. The molecule has 0 aliphatic heterocycles. The molecular weight excluding hydrogens is 436 g/mol. The Morgan fingerprint density at radius 2 is 1.60 bits per heavy atom.